The number of carbonyl (C=O) groups excluding carboxylic acids is 1. The number of hydrogen-bond acceptors (Lipinski definition) is 12. The average Bonchev–Trinajstić information content (AvgIpc) is 3.34. The minimum atomic E-state index is -3.41. The lowest BCUT2D eigenvalue weighted by atomic mass is 10.0. The summed E-state index contributed by atoms with van der Waals surface area (Å²) in [7, 11) is -3.41. The second-order valence-electron chi connectivity index (χ2n) is 10.5. The number of nitrogens with zero attached hydrogens (tertiary/aromatic N) is 5. The number of nitrogens with one attached hydrogen (secondary N) is 2. The Morgan fingerprint density at radius 1 is 1.10 bits per heavy atom. The topological polar surface area (TPSA) is 139 Å². The van der Waals surface area contributed by atoms with Crippen molar-refractivity contribution in [2.75, 3.05) is 59.3 Å². The molecule has 1 saturated heterocycles. The second kappa shape index (κ2) is 12.8. The van der Waals surface area contributed by atoms with Gasteiger partial charge >= 0.3 is 5.97 Å². The van der Waals surface area contributed by atoms with E-state index in [9.17, 15) is 13.2 Å². The van der Waals surface area contributed by atoms with Gasteiger partial charge in [-0.1, -0.05) is 23.5 Å². The van der Waals surface area contributed by atoms with Gasteiger partial charge in [0.05, 0.1) is 30.8 Å². The molecule has 0 radical (unpaired) electrons. The van der Waals surface area contributed by atoms with Crippen LogP contribution in [-0.2, 0) is 32.5 Å². The molecule has 14 heteroatoms. The van der Waals surface area contributed by atoms with Crippen LogP contribution in [0.25, 0.3) is 0 Å². The highest BCUT2D eigenvalue weighted by Crippen LogP contribution is 2.36. The van der Waals surface area contributed by atoms with Crippen molar-refractivity contribution in [3.05, 3.63) is 46.0 Å². The number of anilines is 5. The molecule has 1 aromatic carbocycles. The molecule has 0 bridgehead atoms. The molecule has 12 nitrogen and oxygen atoms in total. The summed E-state index contributed by atoms with van der Waals surface area (Å²) in [6.45, 7) is 11.3. The number of morpholine rings is 1. The molecule has 0 amide bonds. The molecule has 0 saturated carbocycles. The monoisotopic (exact) mass is 615 g/mol. The van der Waals surface area contributed by atoms with Crippen LogP contribution in [0.5, 0.6) is 0 Å². The third-order valence-electron chi connectivity index (χ3n) is 7.11. The van der Waals surface area contributed by atoms with Gasteiger partial charge in [-0.2, -0.15) is 9.97 Å². The molecular weight excluding hydrogens is 578 g/mol. The smallest absolute Gasteiger partial charge is 0.350 e. The predicted octanol–water partition coefficient (Wildman–Crippen LogP) is 4.10. The number of esters is 1. The van der Waals surface area contributed by atoms with E-state index in [1.807, 2.05) is 12.1 Å². The summed E-state index contributed by atoms with van der Waals surface area (Å²) in [5.41, 5.74) is 3.26. The van der Waals surface area contributed by atoms with Crippen LogP contribution < -0.4 is 19.8 Å². The van der Waals surface area contributed by atoms with Crippen molar-refractivity contribution in [3.8, 4) is 0 Å². The zero-order valence-electron chi connectivity index (χ0n) is 24.3. The Labute approximate surface area is 250 Å². The Bertz CT molecular complexity index is 1520. The predicted molar refractivity (Wildman–Crippen MR) is 165 cm³/mol. The van der Waals surface area contributed by atoms with Crippen LogP contribution in [0.15, 0.2) is 24.3 Å². The Morgan fingerprint density at radius 2 is 1.81 bits per heavy atom. The quantitative estimate of drug-likeness (QED) is 0.319. The Morgan fingerprint density at radius 3 is 2.50 bits per heavy atom. The van der Waals surface area contributed by atoms with Gasteiger partial charge in [-0.05, 0) is 58.2 Å². The Balaban J connectivity index is 1.44. The first kappa shape index (κ1) is 30.0. The molecule has 2 N–H and O–H groups in total. The summed E-state index contributed by atoms with van der Waals surface area (Å²) >= 11 is 1.22. The molecule has 226 valence electrons. The van der Waals surface area contributed by atoms with E-state index in [2.05, 4.69) is 24.8 Å². The van der Waals surface area contributed by atoms with E-state index in [1.54, 1.807) is 39.8 Å². The molecule has 2 aliphatic rings. The third-order valence-corrected chi connectivity index (χ3v) is 9.93. The number of ether oxygens (including phenoxy) is 2. The molecule has 1 fully saturated rings. The van der Waals surface area contributed by atoms with Crippen LogP contribution in [0.4, 0.5) is 28.4 Å². The SMILES string of the molecule is CCOC(=O)c1sc(Nc2nc(N3CCOCC3)c3c(n2)N(Cc2ccc(NS(=O)(=O)C(C)C)cc2)CCC3)nc1C. The highest BCUT2D eigenvalue weighted by molar-refractivity contribution is 7.93. The normalized spacial score (nSPS) is 15.5. The number of aryl methyl sites for hydroxylation is 1. The van der Waals surface area contributed by atoms with Crippen molar-refractivity contribution in [3.63, 3.8) is 0 Å². The van der Waals surface area contributed by atoms with Gasteiger partial charge in [-0.3, -0.25) is 10.0 Å². The van der Waals surface area contributed by atoms with E-state index >= 15 is 0 Å². The van der Waals surface area contributed by atoms with Gasteiger partial charge in [-0.25, -0.2) is 18.2 Å². The number of aromatic nitrogens is 3. The zero-order valence-corrected chi connectivity index (χ0v) is 26.0. The highest BCUT2D eigenvalue weighted by Gasteiger charge is 2.28. The van der Waals surface area contributed by atoms with Crippen molar-refractivity contribution in [2.24, 2.45) is 0 Å². The fraction of sp³-hybridized carbons (Fsp3) is 0.500. The van der Waals surface area contributed by atoms with E-state index in [0.29, 0.717) is 53.7 Å². The van der Waals surface area contributed by atoms with Crippen LogP contribution in [-0.4, -0.2) is 74.0 Å². The van der Waals surface area contributed by atoms with Crippen molar-refractivity contribution in [1.29, 1.82) is 0 Å². The number of hydrogen-bond donors (Lipinski definition) is 2. The van der Waals surface area contributed by atoms with Crippen LogP contribution >= 0.6 is 11.3 Å². The zero-order chi connectivity index (χ0) is 29.9. The first-order valence-electron chi connectivity index (χ1n) is 14.1. The second-order valence-corrected chi connectivity index (χ2v) is 13.7. The molecule has 0 atom stereocenters. The minimum Gasteiger partial charge on any atom is -0.462 e. The lowest BCUT2D eigenvalue weighted by Crippen LogP contribution is -2.39. The summed E-state index contributed by atoms with van der Waals surface area (Å²) in [4.78, 5) is 31.7. The van der Waals surface area contributed by atoms with Gasteiger partial charge in [0.25, 0.3) is 0 Å². The van der Waals surface area contributed by atoms with E-state index < -0.39 is 21.2 Å². The van der Waals surface area contributed by atoms with E-state index in [1.165, 1.54) is 11.3 Å². The largest absolute Gasteiger partial charge is 0.462 e. The maximum atomic E-state index is 12.3. The average molecular weight is 616 g/mol. The summed E-state index contributed by atoms with van der Waals surface area (Å²) in [6.07, 6.45) is 1.82. The molecule has 0 unspecified atom stereocenters. The van der Waals surface area contributed by atoms with Gasteiger partial charge < -0.3 is 19.3 Å². The molecular formula is C28H37N7O5S2. The van der Waals surface area contributed by atoms with Gasteiger partial charge in [0, 0.05) is 37.4 Å². The highest BCUT2D eigenvalue weighted by atomic mass is 32.2. The van der Waals surface area contributed by atoms with Crippen molar-refractivity contribution < 1.29 is 22.7 Å². The maximum Gasteiger partial charge on any atom is 0.350 e. The van der Waals surface area contributed by atoms with Crippen LogP contribution in [0.1, 0.15) is 53.7 Å². The first-order chi connectivity index (χ1) is 20.1. The first-order valence-corrected chi connectivity index (χ1v) is 16.5. The minimum absolute atomic E-state index is 0.294. The molecule has 4 heterocycles. The van der Waals surface area contributed by atoms with Gasteiger partial charge in [-0.15, -0.1) is 0 Å². The number of sulfonamides is 1. The number of benzene rings is 1. The molecule has 0 aliphatic carbocycles. The van der Waals surface area contributed by atoms with Crippen molar-refractivity contribution in [2.45, 2.75) is 52.3 Å². The molecule has 0 spiro atoms. The van der Waals surface area contributed by atoms with E-state index in [-0.39, 0.29) is 0 Å². The standard InChI is InChI=1S/C28H37N7O5S2/c1-5-40-26(36)23-19(4)29-28(41-23)32-27-30-24(34-13-15-39-16-14-34)22-7-6-12-35(25(22)31-27)17-20-8-10-21(11-9-20)33-42(37,38)18(2)3/h8-11,18,33H,5-7,12-17H2,1-4H3,(H,29,30,31,32). The Kier molecular flexibility index (Phi) is 9.13. The number of carbonyl (C=O) groups is 1. The summed E-state index contributed by atoms with van der Waals surface area (Å²) in [5, 5.41) is 3.24. The lowest BCUT2D eigenvalue weighted by Gasteiger charge is -2.35. The van der Waals surface area contributed by atoms with Crippen molar-refractivity contribution in [1.82, 2.24) is 15.0 Å². The van der Waals surface area contributed by atoms with E-state index in [0.717, 1.165) is 55.2 Å². The van der Waals surface area contributed by atoms with Gasteiger partial charge in [0.15, 0.2) is 5.13 Å². The van der Waals surface area contributed by atoms with Crippen LogP contribution in [0.2, 0.25) is 0 Å². The van der Waals surface area contributed by atoms with Crippen molar-refractivity contribution >= 4 is 55.7 Å². The number of thiazole rings is 1. The molecule has 2 aromatic heterocycles. The molecule has 5 rings (SSSR count). The number of rotatable bonds is 10. The summed E-state index contributed by atoms with van der Waals surface area (Å²) < 4.78 is 37.9. The fourth-order valence-corrected chi connectivity index (χ4v) is 6.41. The maximum absolute atomic E-state index is 12.3. The van der Waals surface area contributed by atoms with Gasteiger partial charge in [0.1, 0.15) is 16.5 Å². The lowest BCUT2D eigenvalue weighted by molar-refractivity contribution is 0.0531. The Hall–Kier alpha value is -3.49. The molecule has 2 aliphatic heterocycles. The third kappa shape index (κ3) is 6.76. The fourth-order valence-electron chi connectivity index (χ4n) is 4.86. The number of fused-ring (bicyclic) bond motifs is 1. The summed E-state index contributed by atoms with van der Waals surface area (Å²) in [5.74, 6) is 1.75. The summed E-state index contributed by atoms with van der Waals surface area (Å²) in [6, 6.07) is 7.45. The van der Waals surface area contributed by atoms with Crippen LogP contribution in [0, 0.1) is 6.92 Å². The van der Waals surface area contributed by atoms with Gasteiger partial charge in [0.2, 0.25) is 16.0 Å². The van der Waals surface area contributed by atoms with Crippen LogP contribution in [0.3, 0.4) is 0 Å². The van der Waals surface area contributed by atoms with E-state index in [4.69, 9.17) is 19.4 Å². The molecule has 42 heavy (non-hydrogen) atoms. The molecule has 3 aromatic rings.